The molecule has 0 bridgehead atoms. The molecule has 1 atom stereocenters. The van der Waals surface area contributed by atoms with E-state index in [1.54, 1.807) is 0 Å². The van der Waals surface area contributed by atoms with E-state index < -0.39 is 18.1 Å². The van der Waals surface area contributed by atoms with Crippen LogP contribution in [0.4, 0.5) is 8.78 Å². The SMILES string of the molecule is CC(C(=O)O)(c1cccc(OC(F)F)c1)N(C=O)C1CC1. The van der Waals surface area contributed by atoms with Gasteiger partial charge in [0.1, 0.15) is 5.75 Å². The van der Waals surface area contributed by atoms with E-state index in [1.807, 2.05) is 0 Å². The van der Waals surface area contributed by atoms with Crippen molar-refractivity contribution in [3.63, 3.8) is 0 Å². The summed E-state index contributed by atoms with van der Waals surface area (Å²) >= 11 is 0. The standard InChI is InChI=1S/C14H15F2NO4/c1-14(12(19)20,17(8-18)10-5-6-10)9-3-2-4-11(7-9)21-13(15)16/h2-4,7-8,10,13H,5-6H2,1H3,(H,19,20). The molecule has 1 fully saturated rings. The summed E-state index contributed by atoms with van der Waals surface area (Å²) in [5.74, 6) is -1.37. The van der Waals surface area contributed by atoms with Crippen molar-refractivity contribution in [1.29, 1.82) is 0 Å². The minimum Gasteiger partial charge on any atom is -0.479 e. The lowest BCUT2D eigenvalue weighted by atomic mass is 9.90. The molecule has 114 valence electrons. The average molecular weight is 299 g/mol. The zero-order valence-electron chi connectivity index (χ0n) is 11.3. The number of hydrogen-bond acceptors (Lipinski definition) is 3. The zero-order valence-corrected chi connectivity index (χ0v) is 11.3. The fourth-order valence-corrected chi connectivity index (χ4v) is 2.27. The second-order valence-corrected chi connectivity index (χ2v) is 5.03. The van der Waals surface area contributed by atoms with Crippen molar-refractivity contribution >= 4 is 12.4 Å². The third-order valence-corrected chi connectivity index (χ3v) is 3.61. The van der Waals surface area contributed by atoms with Crippen molar-refractivity contribution in [1.82, 2.24) is 4.90 Å². The molecule has 1 aliphatic rings. The van der Waals surface area contributed by atoms with Crippen molar-refractivity contribution in [3.05, 3.63) is 29.8 Å². The lowest BCUT2D eigenvalue weighted by Crippen LogP contribution is -2.50. The smallest absolute Gasteiger partial charge is 0.387 e. The van der Waals surface area contributed by atoms with E-state index in [0.717, 1.165) is 12.8 Å². The van der Waals surface area contributed by atoms with Gasteiger partial charge in [0.15, 0.2) is 5.54 Å². The maximum Gasteiger partial charge on any atom is 0.387 e. The van der Waals surface area contributed by atoms with Crippen molar-refractivity contribution < 1.29 is 28.2 Å². The minimum atomic E-state index is -3.00. The molecule has 0 heterocycles. The van der Waals surface area contributed by atoms with Crippen LogP contribution in [0.1, 0.15) is 25.3 Å². The van der Waals surface area contributed by atoms with Crippen LogP contribution in [0.2, 0.25) is 0 Å². The topological polar surface area (TPSA) is 66.8 Å². The number of carboxylic acids is 1. The van der Waals surface area contributed by atoms with Gasteiger partial charge in [-0.3, -0.25) is 4.79 Å². The molecule has 1 aliphatic carbocycles. The van der Waals surface area contributed by atoms with Gasteiger partial charge in [-0.1, -0.05) is 12.1 Å². The van der Waals surface area contributed by atoms with Gasteiger partial charge in [-0.05, 0) is 37.5 Å². The predicted octanol–water partition coefficient (Wildman–Crippen LogP) is 2.21. The Balaban J connectivity index is 2.42. The number of carbonyl (C=O) groups is 2. The summed E-state index contributed by atoms with van der Waals surface area (Å²) in [5.41, 5.74) is -1.41. The third kappa shape index (κ3) is 2.96. The number of halogens is 2. The van der Waals surface area contributed by atoms with E-state index in [2.05, 4.69) is 4.74 Å². The number of alkyl halides is 2. The molecule has 0 aromatic heterocycles. The number of benzene rings is 1. The van der Waals surface area contributed by atoms with Gasteiger partial charge in [0.2, 0.25) is 6.41 Å². The Labute approximate surface area is 120 Å². The largest absolute Gasteiger partial charge is 0.479 e. The van der Waals surface area contributed by atoms with Gasteiger partial charge in [0, 0.05) is 6.04 Å². The summed E-state index contributed by atoms with van der Waals surface area (Å²) in [4.78, 5) is 24.2. The molecule has 21 heavy (non-hydrogen) atoms. The van der Waals surface area contributed by atoms with Gasteiger partial charge in [0.05, 0.1) is 0 Å². The number of carbonyl (C=O) groups excluding carboxylic acids is 1. The monoisotopic (exact) mass is 299 g/mol. The average Bonchev–Trinajstić information content (AvgIpc) is 3.23. The highest BCUT2D eigenvalue weighted by Gasteiger charge is 2.47. The van der Waals surface area contributed by atoms with E-state index in [-0.39, 0.29) is 17.4 Å². The molecule has 1 amide bonds. The lowest BCUT2D eigenvalue weighted by molar-refractivity contribution is -0.155. The molecule has 0 radical (unpaired) electrons. The Bertz CT molecular complexity index is 548. The van der Waals surface area contributed by atoms with Crippen LogP contribution in [-0.2, 0) is 15.1 Å². The van der Waals surface area contributed by atoms with Crippen LogP contribution in [0.5, 0.6) is 5.75 Å². The summed E-state index contributed by atoms with van der Waals surface area (Å²) in [7, 11) is 0. The fraction of sp³-hybridized carbons (Fsp3) is 0.429. The van der Waals surface area contributed by atoms with Crippen LogP contribution >= 0.6 is 0 Å². The second kappa shape index (κ2) is 5.67. The predicted molar refractivity (Wildman–Crippen MR) is 69.0 cm³/mol. The molecule has 0 saturated heterocycles. The molecular formula is C14H15F2NO4. The molecular weight excluding hydrogens is 284 g/mol. The summed E-state index contributed by atoms with van der Waals surface area (Å²) < 4.78 is 28.8. The van der Waals surface area contributed by atoms with E-state index in [9.17, 15) is 23.5 Å². The first kappa shape index (κ1) is 15.2. The summed E-state index contributed by atoms with van der Waals surface area (Å²) in [6.45, 7) is -1.62. The van der Waals surface area contributed by atoms with Crippen molar-refractivity contribution in [2.45, 2.75) is 38.0 Å². The summed E-state index contributed by atoms with van der Waals surface area (Å²) in [6, 6.07) is 5.29. The van der Waals surface area contributed by atoms with Crippen LogP contribution < -0.4 is 4.74 Å². The molecule has 1 unspecified atom stereocenters. The van der Waals surface area contributed by atoms with Crippen molar-refractivity contribution in [3.8, 4) is 5.75 Å². The lowest BCUT2D eigenvalue weighted by Gasteiger charge is -2.36. The van der Waals surface area contributed by atoms with Gasteiger partial charge in [-0.15, -0.1) is 0 Å². The van der Waals surface area contributed by atoms with E-state index in [1.165, 1.54) is 36.1 Å². The zero-order chi connectivity index (χ0) is 15.6. The Morgan fingerprint density at radius 3 is 2.67 bits per heavy atom. The molecule has 1 N–H and O–H groups in total. The highest BCUT2D eigenvalue weighted by atomic mass is 19.3. The summed E-state index contributed by atoms with van der Waals surface area (Å²) in [6.07, 6.45) is 1.95. The van der Waals surface area contributed by atoms with Crippen LogP contribution in [0.15, 0.2) is 24.3 Å². The van der Waals surface area contributed by atoms with Gasteiger partial charge in [-0.2, -0.15) is 8.78 Å². The van der Waals surface area contributed by atoms with Gasteiger partial charge >= 0.3 is 12.6 Å². The maximum absolute atomic E-state index is 12.3. The first-order chi connectivity index (χ1) is 9.89. The first-order valence-electron chi connectivity index (χ1n) is 6.42. The number of amides is 1. The molecule has 0 aliphatic heterocycles. The van der Waals surface area contributed by atoms with Gasteiger partial charge in [-0.25, -0.2) is 4.79 Å². The number of rotatable bonds is 7. The minimum absolute atomic E-state index is 0.136. The van der Waals surface area contributed by atoms with E-state index in [4.69, 9.17) is 0 Å². The highest BCUT2D eigenvalue weighted by molar-refractivity contribution is 5.83. The Morgan fingerprint density at radius 2 is 2.19 bits per heavy atom. The maximum atomic E-state index is 12.3. The molecule has 5 nitrogen and oxygen atoms in total. The number of aliphatic carboxylic acids is 1. The third-order valence-electron chi connectivity index (χ3n) is 3.61. The Hall–Kier alpha value is -2.18. The summed E-state index contributed by atoms with van der Waals surface area (Å²) in [5, 5.41) is 9.55. The second-order valence-electron chi connectivity index (χ2n) is 5.03. The number of carboxylic acid groups (broad SMARTS) is 1. The van der Waals surface area contributed by atoms with Gasteiger partial charge < -0.3 is 14.7 Å². The molecule has 1 saturated carbocycles. The van der Waals surface area contributed by atoms with Crippen molar-refractivity contribution in [2.75, 3.05) is 0 Å². The number of nitrogens with zero attached hydrogens (tertiary/aromatic N) is 1. The molecule has 0 spiro atoms. The first-order valence-corrected chi connectivity index (χ1v) is 6.42. The van der Waals surface area contributed by atoms with E-state index in [0.29, 0.717) is 6.41 Å². The Kier molecular flexibility index (Phi) is 4.11. The molecule has 2 rings (SSSR count). The van der Waals surface area contributed by atoms with Crippen molar-refractivity contribution in [2.24, 2.45) is 0 Å². The normalized spacial score (nSPS) is 17.1. The highest BCUT2D eigenvalue weighted by Crippen LogP contribution is 2.38. The van der Waals surface area contributed by atoms with Crippen LogP contribution in [0.25, 0.3) is 0 Å². The number of ether oxygens (including phenoxy) is 1. The Morgan fingerprint density at radius 1 is 1.52 bits per heavy atom. The quantitative estimate of drug-likeness (QED) is 0.784. The van der Waals surface area contributed by atoms with Crippen LogP contribution in [0.3, 0.4) is 0 Å². The molecule has 1 aromatic carbocycles. The number of hydrogen-bond donors (Lipinski definition) is 1. The molecule has 1 aromatic rings. The van der Waals surface area contributed by atoms with Crippen LogP contribution in [-0.4, -0.2) is 35.0 Å². The molecule has 7 heteroatoms. The van der Waals surface area contributed by atoms with E-state index >= 15 is 0 Å². The fourth-order valence-electron chi connectivity index (χ4n) is 2.27. The van der Waals surface area contributed by atoms with Crippen LogP contribution in [0, 0.1) is 0 Å². The van der Waals surface area contributed by atoms with Gasteiger partial charge in [0.25, 0.3) is 0 Å².